The summed E-state index contributed by atoms with van der Waals surface area (Å²) in [5.41, 5.74) is 0.810. The fourth-order valence-corrected chi connectivity index (χ4v) is 1.43. The highest BCUT2D eigenvalue weighted by atomic mass is 19.1. The fraction of sp³-hybridized carbons (Fsp3) is 0.182. The molecule has 1 aliphatic rings. The van der Waals surface area contributed by atoms with Crippen LogP contribution < -0.4 is 10.6 Å². The Morgan fingerprint density at radius 3 is 2.53 bits per heavy atom. The number of carbonyl (C=O) groups is 2. The molecule has 1 fully saturated rings. The van der Waals surface area contributed by atoms with Crippen LogP contribution in [-0.2, 0) is 16.0 Å². The SMILES string of the molecule is O=C1NC(=NCCc2cccc(F)c2)NC1=O. The molecule has 0 unspecified atom stereocenters. The molecule has 1 saturated heterocycles. The minimum atomic E-state index is -0.713. The standard InChI is InChI=1S/C11H10FN3O2/c12-8-3-1-2-7(6-8)4-5-13-11-14-9(16)10(17)15-11/h1-3,6H,4-5H2,(H2,13,14,15,16,17). The number of rotatable bonds is 3. The molecule has 0 atom stereocenters. The van der Waals surface area contributed by atoms with Crippen molar-refractivity contribution >= 4 is 17.8 Å². The summed E-state index contributed by atoms with van der Waals surface area (Å²) < 4.78 is 12.8. The molecule has 0 saturated carbocycles. The highest BCUT2D eigenvalue weighted by molar-refractivity contribution is 6.45. The number of hydrogen-bond acceptors (Lipinski definition) is 3. The summed E-state index contributed by atoms with van der Waals surface area (Å²) in [5.74, 6) is -1.57. The molecule has 0 aliphatic carbocycles. The van der Waals surface area contributed by atoms with Gasteiger partial charge in [0.15, 0.2) is 0 Å². The molecule has 1 aromatic rings. The van der Waals surface area contributed by atoms with Gasteiger partial charge in [0, 0.05) is 6.54 Å². The average molecular weight is 235 g/mol. The Morgan fingerprint density at radius 1 is 1.18 bits per heavy atom. The molecular weight excluding hydrogens is 225 g/mol. The van der Waals surface area contributed by atoms with Crippen LogP contribution in [-0.4, -0.2) is 24.3 Å². The van der Waals surface area contributed by atoms with Gasteiger partial charge in [-0.05, 0) is 24.1 Å². The summed E-state index contributed by atoms with van der Waals surface area (Å²) in [6.07, 6.45) is 0.535. The molecule has 0 aromatic heterocycles. The van der Waals surface area contributed by atoms with E-state index in [1.54, 1.807) is 12.1 Å². The number of hydrogen-bond donors (Lipinski definition) is 2. The zero-order valence-corrected chi connectivity index (χ0v) is 8.87. The first-order valence-corrected chi connectivity index (χ1v) is 5.06. The Balaban J connectivity index is 1.90. The molecule has 2 amide bonds. The van der Waals surface area contributed by atoms with Gasteiger partial charge >= 0.3 is 11.8 Å². The largest absolute Gasteiger partial charge is 0.316 e. The summed E-state index contributed by atoms with van der Waals surface area (Å²) >= 11 is 0. The van der Waals surface area contributed by atoms with Crippen molar-refractivity contribution in [3.05, 3.63) is 35.6 Å². The first-order valence-electron chi connectivity index (χ1n) is 5.06. The minimum Gasteiger partial charge on any atom is -0.288 e. The zero-order valence-electron chi connectivity index (χ0n) is 8.87. The molecule has 17 heavy (non-hydrogen) atoms. The van der Waals surface area contributed by atoms with Crippen molar-refractivity contribution < 1.29 is 14.0 Å². The maximum Gasteiger partial charge on any atom is 0.316 e. The third-order valence-electron chi connectivity index (χ3n) is 2.23. The topological polar surface area (TPSA) is 70.6 Å². The van der Waals surface area contributed by atoms with Gasteiger partial charge in [-0.15, -0.1) is 0 Å². The van der Waals surface area contributed by atoms with Crippen molar-refractivity contribution in [2.45, 2.75) is 6.42 Å². The van der Waals surface area contributed by atoms with Gasteiger partial charge < -0.3 is 0 Å². The molecule has 1 heterocycles. The average Bonchev–Trinajstić information content (AvgIpc) is 2.58. The van der Waals surface area contributed by atoms with E-state index in [0.717, 1.165) is 5.56 Å². The first-order chi connectivity index (χ1) is 8.15. The van der Waals surface area contributed by atoms with Crippen LogP contribution in [0.5, 0.6) is 0 Å². The van der Waals surface area contributed by atoms with Gasteiger partial charge in [-0.1, -0.05) is 12.1 Å². The number of amides is 2. The Hall–Kier alpha value is -2.24. The number of benzene rings is 1. The number of nitrogens with zero attached hydrogens (tertiary/aromatic N) is 1. The van der Waals surface area contributed by atoms with Crippen LogP contribution in [0, 0.1) is 5.82 Å². The summed E-state index contributed by atoms with van der Waals surface area (Å²) in [7, 11) is 0. The van der Waals surface area contributed by atoms with Gasteiger partial charge in [-0.3, -0.25) is 25.2 Å². The van der Waals surface area contributed by atoms with Gasteiger partial charge in [-0.2, -0.15) is 0 Å². The van der Waals surface area contributed by atoms with E-state index in [2.05, 4.69) is 15.6 Å². The summed E-state index contributed by atoms with van der Waals surface area (Å²) in [5, 5.41) is 4.56. The molecule has 1 aliphatic heterocycles. The van der Waals surface area contributed by atoms with Crippen LogP contribution in [0.4, 0.5) is 4.39 Å². The van der Waals surface area contributed by atoms with E-state index in [0.29, 0.717) is 13.0 Å². The van der Waals surface area contributed by atoms with Crippen molar-refractivity contribution in [3.8, 4) is 0 Å². The fourth-order valence-electron chi connectivity index (χ4n) is 1.43. The van der Waals surface area contributed by atoms with Crippen molar-refractivity contribution in [1.29, 1.82) is 0 Å². The molecule has 2 rings (SSSR count). The first kappa shape index (κ1) is 11.3. The molecule has 2 N–H and O–H groups in total. The van der Waals surface area contributed by atoms with Gasteiger partial charge in [0.05, 0.1) is 0 Å². The lowest BCUT2D eigenvalue weighted by Gasteiger charge is -1.99. The Labute approximate surface area is 96.7 Å². The monoisotopic (exact) mass is 235 g/mol. The highest BCUT2D eigenvalue weighted by Crippen LogP contribution is 2.04. The molecule has 5 nitrogen and oxygen atoms in total. The summed E-state index contributed by atoms with van der Waals surface area (Å²) in [6.45, 7) is 0.360. The number of aliphatic imine (C=N–C) groups is 1. The van der Waals surface area contributed by atoms with E-state index in [1.165, 1.54) is 12.1 Å². The van der Waals surface area contributed by atoms with E-state index >= 15 is 0 Å². The predicted molar refractivity (Wildman–Crippen MR) is 58.7 cm³/mol. The molecule has 0 bridgehead atoms. The van der Waals surface area contributed by atoms with Crippen LogP contribution in [0.3, 0.4) is 0 Å². The third kappa shape index (κ3) is 2.87. The lowest BCUT2D eigenvalue weighted by Crippen LogP contribution is -2.26. The van der Waals surface area contributed by atoms with Crippen LogP contribution >= 0.6 is 0 Å². The number of nitrogens with one attached hydrogen (secondary N) is 2. The highest BCUT2D eigenvalue weighted by Gasteiger charge is 2.24. The number of guanidine groups is 1. The Morgan fingerprint density at radius 2 is 1.88 bits per heavy atom. The maximum atomic E-state index is 12.8. The summed E-state index contributed by atoms with van der Waals surface area (Å²) in [6, 6.07) is 6.20. The van der Waals surface area contributed by atoms with E-state index in [9.17, 15) is 14.0 Å². The van der Waals surface area contributed by atoms with Crippen LogP contribution in [0.1, 0.15) is 5.56 Å². The number of halogens is 1. The predicted octanol–water partition coefficient (Wildman–Crippen LogP) is -0.0298. The van der Waals surface area contributed by atoms with Crippen LogP contribution in [0.15, 0.2) is 29.3 Å². The van der Waals surface area contributed by atoms with Crippen LogP contribution in [0.2, 0.25) is 0 Å². The van der Waals surface area contributed by atoms with Crippen molar-refractivity contribution in [2.24, 2.45) is 4.99 Å². The second-order valence-corrected chi connectivity index (χ2v) is 3.52. The Bertz CT molecular complexity index is 481. The molecule has 6 heteroatoms. The van der Waals surface area contributed by atoms with Crippen molar-refractivity contribution in [1.82, 2.24) is 10.6 Å². The molecule has 0 spiro atoms. The van der Waals surface area contributed by atoms with Crippen LogP contribution in [0.25, 0.3) is 0 Å². The quantitative estimate of drug-likeness (QED) is 0.722. The molecular formula is C11H10FN3O2. The normalized spacial score (nSPS) is 14.5. The number of carbonyl (C=O) groups excluding carboxylic acids is 2. The van der Waals surface area contributed by atoms with E-state index in [4.69, 9.17) is 0 Å². The zero-order chi connectivity index (χ0) is 12.3. The second-order valence-electron chi connectivity index (χ2n) is 3.52. The summed E-state index contributed by atoms with van der Waals surface area (Å²) in [4.78, 5) is 25.6. The van der Waals surface area contributed by atoms with Gasteiger partial charge in [0.1, 0.15) is 5.82 Å². The lowest BCUT2D eigenvalue weighted by atomic mass is 10.1. The van der Waals surface area contributed by atoms with Crippen molar-refractivity contribution in [2.75, 3.05) is 6.54 Å². The van der Waals surface area contributed by atoms with E-state index in [1.807, 2.05) is 0 Å². The van der Waals surface area contributed by atoms with E-state index < -0.39 is 11.8 Å². The molecule has 0 radical (unpaired) electrons. The van der Waals surface area contributed by atoms with Gasteiger partial charge in [-0.25, -0.2) is 4.39 Å². The van der Waals surface area contributed by atoms with E-state index in [-0.39, 0.29) is 11.8 Å². The minimum absolute atomic E-state index is 0.149. The molecule has 88 valence electrons. The second kappa shape index (κ2) is 4.73. The third-order valence-corrected chi connectivity index (χ3v) is 2.23. The lowest BCUT2D eigenvalue weighted by molar-refractivity contribution is -0.135. The van der Waals surface area contributed by atoms with Gasteiger partial charge in [0.25, 0.3) is 0 Å². The smallest absolute Gasteiger partial charge is 0.288 e. The van der Waals surface area contributed by atoms with Gasteiger partial charge in [0.2, 0.25) is 5.96 Å². The van der Waals surface area contributed by atoms with Crippen molar-refractivity contribution in [3.63, 3.8) is 0 Å². The Kier molecular flexibility index (Phi) is 3.13. The molecule has 1 aromatic carbocycles. The maximum absolute atomic E-state index is 12.8.